The lowest BCUT2D eigenvalue weighted by molar-refractivity contribution is 0.610. The number of hydrogen-bond acceptors (Lipinski definition) is 1. The van der Waals surface area contributed by atoms with E-state index in [1.165, 1.54) is 40.5 Å². The van der Waals surface area contributed by atoms with Crippen LogP contribution in [-0.2, 0) is 6.42 Å². The molecular formula is C14H20BrN. The molecule has 0 aliphatic carbocycles. The second-order valence-corrected chi connectivity index (χ2v) is 5.89. The molecule has 1 aromatic rings. The molecule has 1 heterocycles. The van der Waals surface area contributed by atoms with Crippen LogP contribution in [-0.4, -0.2) is 6.04 Å². The molecule has 1 aliphatic rings. The third-order valence-corrected chi connectivity index (χ3v) is 3.90. The highest BCUT2D eigenvalue weighted by molar-refractivity contribution is 9.10. The minimum atomic E-state index is 0.578. The van der Waals surface area contributed by atoms with Crippen molar-refractivity contribution in [2.24, 2.45) is 0 Å². The van der Waals surface area contributed by atoms with Crippen molar-refractivity contribution in [1.29, 1.82) is 0 Å². The number of halogens is 1. The van der Waals surface area contributed by atoms with Crippen LogP contribution in [0.5, 0.6) is 0 Å². The zero-order valence-corrected chi connectivity index (χ0v) is 11.9. The van der Waals surface area contributed by atoms with Crippen LogP contribution in [0.15, 0.2) is 16.6 Å². The second kappa shape index (κ2) is 4.79. The van der Waals surface area contributed by atoms with E-state index < -0.39 is 0 Å². The fourth-order valence-electron chi connectivity index (χ4n) is 2.43. The van der Waals surface area contributed by atoms with Crippen molar-refractivity contribution < 1.29 is 0 Å². The Bertz CT molecular complexity index is 385. The normalized spacial score (nSPS) is 19.4. The van der Waals surface area contributed by atoms with E-state index in [9.17, 15) is 0 Å². The molecule has 0 bridgehead atoms. The highest BCUT2D eigenvalue weighted by atomic mass is 79.9. The van der Waals surface area contributed by atoms with Crippen molar-refractivity contribution in [2.45, 2.75) is 52.0 Å². The molecule has 0 aromatic heterocycles. The fraction of sp³-hybridized carbons (Fsp3) is 0.571. The summed E-state index contributed by atoms with van der Waals surface area (Å²) in [6.45, 7) is 6.79. The van der Waals surface area contributed by atoms with Gasteiger partial charge in [0.15, 0.2) is 0 Å². The van der Waals surface area contributed by atoms with Crippen LogP contribution < -0.4 is 5.32 Å². The quantitative estimate of drug-likeness (QED) is 0.828. The topological polar surface area (TPSA) is 12.0 Å². The second-order valence-electron chi connectivity index (χ2n) is 4.97. The van der Waals surface area contributed by atoms with E-state index in [-0.39, 0.29) is 0 Å². The van der Waals surface area contributed by atoms with Gasteiger partial charge in [-0.1, -0.05) is 36.7 Å². The van der Waals surface area contributed by atoms with Crippen LogP contribution >= 0.6 is 15.9 Å². The Hall–Kier alpha value is -0.500. The molecule has 1 unspecified atom stereocenters. The summed E-state index contributed by atoms with van der Waals surface area (Å²) in [6.07, 6.45) is 3.69. The first-order valence-corrected chi connectivity index (χ1v) is 7.00. The molecule has 16 heavy (non-hydrogen) atoms. The summed E-state index contributed by atoms with van der Waals surface area (Å²) in [7, 11) is 0. The third-order valence-electron chi connectivity index (χ3n) is 3.44. The molecule has 0 saturated heterocycles. The lowest BCUT2D eigenvalue weighted by Gasteiger charge is -2.29. The molecule has 88 valence electrons. The van der Waals surface area contributed by atoms with Gasteiger partial charge in [-0.2, -0.15) is 0 Å². The summed E-state index contributed by atoms with van der Waals surface area (Å²) < 4.78 is 1.21. The molecule has 0 spiro atoms. The van der Waals surface area contributed by atoms with Gasteiger partial charge in [-0.05, 0) is 48.4 Å². The van der Waals surface area contributed by atoms with Gasteiger partial charge in [0, 0.05) is 16.2 Å². The Morgan fingerprint density at radius 3 is 2.81 bits per heavy atom. The summed E-state index contributed by atoms with van der Waals surface area (Å²) in [4.78, 5) is 0. The first-order chi connectivity index (χ1) is 7.61. The molecule has 0 saturated carbocycles. The van der Waals surface area contributed by atoms with E-state index in [4.69, 9.17) is 0 Å². The van der Waals surface area contributed by atoms with Gasteiger partial charge in [-0.15, -0.1) is 0 Å². The predicted octanol–water partition coefficient (Wildman–Crippen LogP) is 4.71. The molecule has 1 N–H and O–H groups in total. The van der Waals surface area contributed by atoms with Gasteiger partial charge < -0.3 is 5.32 Å². The van der Waals surface area contributed by atoms with Gasteiger partial charge in [-0.25, -0.2) is 0 Å². The van der Waals surface area contributed by atoms with Crippen LogP contribution in [0.4, 0.5) is 5.69 Å². The lowest BCUT2D eigenvalue weighted by atomic mass is 9.90. The minimum Gasteiger partial charge on any atom is -0.382 e. The zero-order valence-electron chi connectivity index (χ0n) is 10.3. The van der Waals surface area contributed by atoms with E-state index >= 15 is 0 Å². The summed E-state index contributed by atoms with van der Waals surface area (Å²) in [5.74, 6) is 0.578. The summed E-state index contributed by atoms with van der Waals surface area (Å²) in [5, 5.41) is 3.70. The maximum absolute atomic E-state index is 3.70. The maximum Gasteiger partial charge on any atom is 0.0410 e. The zero-order chi connectivity index (χ0) is 11.7. The smallest absolute Gasteiger partial charge is 0.0410 e. The number of anilines is 1. The van der Waals surface area contributed by atoms with Crippen LogP contribution in [0.25, 0.3) is 0 Å². The number of aryl methyl sites for hydroxylation is 1. The van der Waals surface area contributed by atoms with Gasteiger partial charge in [0.25, 0.3) is 0 Å². The van der Waals surface area contributed by atoms with Gasteiger partial charge in [0.1, 0.15) is 0 Å². The number of hydrogen-bond donors (Lipinski definition) is 1. The molecule has 1 nitrogen and oxygen atoms in total. The SMILES string of the molecule is CCC1CCc2cc(Br)cc(C(C)C)c2N1. The number of fused-ring (bicyclic) bond motifs is 1. The Labute approximate surface area is 107 Å². The molecular weight excluding hydrogens is 262 g/mol. The van der Waals surface area contributed by atoms with E-state index in [0.29, 0.717) is 12.0 Å². The number of benzene rings is 1. The molecule has 0 amide bonds. The van der Waals surface area contributed by atoms with E-state index in [2.05, 4.69) is 54.2 Å². The van der Waals surface area contributed by atoms with Crippen molar-refractivity contribution in [3.05, 3.63) is 27.7 Å². The molecule has 0 fully saturated rings. The van der Waals surface area contributed by atoms with E-state index in [1.54, 1.807) is 0 Å². The van der Waals surface area contributed by atoms with Crippen molar-refractivity contribution in [3.63, 3.8) is 0 Å². The molecule has 1 aliphatic heterocycles. The summed E-state index contributed by atoms with van der Waals surface area (Å²) >= 11 is 3.61. The van der Waals surface area contributed by atoms with Gasteiger partial charge in [-0.3, -0.25) is 0 Å². The minimum absolute atomic E-state index is 0.578. The predicted molar refractivity (Wildman–Crippen MR) is 74.3 cm³/mol. The van der Waals surface area contributed by atoms with Gasteiger partial charge in [0.05, 0.1) is 0 Å². The number of rotatable bonds is 2. The van der Waals surface area contributed by atoms with Crippen LogP contribution in [0.3, 0.4) is 0 Å². The van der Waals surface area contributed by atoms with Crippen LogP contribution in [0, 0.1) is 0 Å². The third kappa shape index (κ3) is 2.27. The molecule has 1 atom stereocenters. The Kier molecular flexibility index (Phi) is 3.58. The molecule has 2 heteroatoms. The van der Waals surface area contributed by atoms with Gasteiger partial charge >= 0.3 is 0 Å². The van der Waals surface area contributed by atoms with Crippen molar-refractivity contribution in [2.75, 3.05) is 5.32 Å². The van der Waals surface area contributed by atoms with Crippen molar-refractivity contribution in [3.8, 4) is 0 Å². The average molecular weight is 282 g/mol. The lowest BCUT2D eigenvalue weighted by Crippen LogP contribution is -2.25. The monoisotopic (exact) mass is 281 g/mol. The largest absolute Gasteiger partial charge is 0.382 e. The average Bonchev–Trinajstić information content (AvgIpc) is 2.27. The van der Waals surface area contributed by atoms with Gasteiger partial charge in [0.2, 0.25) is 0 Å². The summed E-state index contributed by atoms with van der Waals surface area (Å²) in [5.41, 5.74) is 4.32. The van der Waals surface area contributed by atoms with E-state index in [1.807, 2.05) is 0 Å². The maximum atomic E-state index is 3.70. The molecule has 0 radical (unpaired) electrons. The first kappa shape index (κ1) is 12.0. The molecule has 2 rings (SSSR count). The molecule has 1 aromatic carbocycles. The Morgan fingerprint density at radius 1 is 1.44 bits per heavy atom. The fourth-order valence-corrected chi connectivity index (χ4v) is 2.95. The Morgan fingerprint density at radius 2 is 2.19 bits per heavy atom. The van der Waals surface area contributed by atoms with Crippen LogP contribution in [0.2, 0.25) is 0 Å². The Balaban J connectivity index is 2.43. The highest BCUT2D eigenvalue weighted by Crippen LogP contribution is 2.36. The standard InChI is InChI=1S/C14H20BrN/c1-4-12-6-5-10-7-11(15)8-13(9(2)3)14(10)16-12/h7-9,12,16H,4-6H2,1-3H3. The van der Waals surface area contributed by atoms with Crippen LogP contribution in [0.1, 0.15) is 50.7 Å². The van der Waals surface area contributed by atoms with Crippen molar-refractivity contribution in [1.82, 2.24) is 0 Å². The summed E-state index contributed by atoms with van der Waals surface area (Å²) in [6, 6.07) is 5.18. The first-order valence-electron chi connectivity index (χ1n) is 6.20. The van der Waals surface area contributed by atoms with Crippen molar-refractivity contribution >= 4 is 21.6 Å². The highest BCUT2D eigenvalue weighted by Gasteiger charge is 2.20. The van der Waals surface area contributed by atoms with E-state index in [0.717, 1.165) is 0 Å². The number of nitrogens with one attached hydrogen (secondary N) is 1.